The normalized spacial score (nSPS) is 23.3. The predicted octanol–water partition coefficient (Wildman–Crippen LogP) is 2.08. The van der Waals surface area contributed by atoms with E-state index in [1.165, 1.54) is 0 Å². The summed E-state index contributed by atoms with van der Waals surface area (Å²) in [6, 6.07) is 3.76. The van der Waals surface area contributed by atoms with Gasteiger partial charge in [0.1, 0.15) is 11.9 Å². The Labute approximate surface area is 153 Å². The van der Waals surface area contributed by atoms with Crippen molar-refractivity contribution in [3.05, 3.63) is 24.0 Å². The van der Waals surface area contributed by atoms with Crippen molar-refractivity contribution in [3.8, 4) is 16.9 Å². The molecule has 2 aliphatic heterocycles. The number of halogens is 1. The van der Waals surface area contributed by atoms with Crippen molar-refractivity contribution < 1.29 is 9.13 Å². The molecule has 1 fully saturated rings. The van der Waals surface area contributed by atoms with Gasteiger partial charge in [-0.15, -0.1) is 0 Å². The second-order valence-electron chi connectivity index (χ2n) is 7.32. The fourth-order valence-electron chi connectivity index (χ4n) is 4.29. The van der Waals surface area contributed by atoms with Gasteiger partial charge in [-0.3, -0.25) is 4.68 Å². The van der Waals surface area contributed by atoms with Crippen LogP contribution in [0, 0.1) is 0 Å². The van der Waals surface area contributed by atoms with Crippen molar-refractivity contribution in [2.75, 3.05) is 44.4 Å². The minimum absolute atomic E-state index is 0.138. The predicted molar refractivity (Wildman–Crippen MR) is 101 cm³/mol. The maximum Gasteiger partial charge on any atom is 0.143 e. The quantitative estimate of drug-likeness (QED) is 0.832. The van der Waals surface area contributed by atoms with Crippen LogP contribution in [-0.4, -0.2) is 60.7 Å². The first-order chi connectivity index (χ1) is 12.5. The molecule has 2 atom stereocenters. The molecule has 0 saturated carbocycles. The van der Waals surface area contributed by atoms with E-state index in [0.717, 1.165) is 48.4 Å². The number of likely N-dealkylation sites (tertiary alicyclic amines) is 1. The highest BCUT2D eigenvalue weighted by Gasteiger charge is 2.35. The van der Waals surface area contributed by atoms with Gasteiger partial charge in [0.25, 0.3) is 0 Å². The molecule has 2 aromatic rings. The minimum Gasteiger partial charge on any atom is -0.495 e. The van der Waals surface area contributed by atoms with E-state index in [2.05, 4.69) is 14.9 Å². The topological polar surface area (TPSA) is 59.6 Å². The number of hydrogen-bond acceptors (Lipinski definition) is 5. The van der Waals surface area contributed by atoms with E-state index in [0.29, 0.717) is 18.0 Å². The molecule has 2 N–H and O–H groups in total. The monoisotopic (exact) mass is 359 g/mol. The standard InChI is InChI=1S/C19H26FN5O/c1-23-6-4-17(14(20)11-23)25-7-5-16-13(10-22-24(16)2)12-8-15(21)19(26-3)9-18(12)25/h8-10,14,17H,4-7,11,21H2,1-3H3. The van der Waals surface area contributed by atoms with E-state index in [4.69, 9.17) is 10.5 Å². The van der Waals surface area contributed by atoms with Crippen LogP contribution in [-0.2, 0) is 13.5 Å². The molecular formula is C19H26FN5O. The number of anilines is 2. The highest BCUT2D eigenvalue weighted by molar-refractivity contribution is 5.86. The van der Waals surface area contributed by atoms with Crippen LogP contribution in [0.25, 0.3) is 11.1 Å². The van der Waals surface area contributed by atoms with E-state index in [1.54, 1.807) is 7.11 Å². The first-order valence-corrected chi connectivity index (χ1v) is 9.07. The smallest absolute Gasteiger partial charge is 0.143 e. The fraction of sp³-hybridized carbons (Fsp3) is 0.526. The van der Waals surface area contributed by atoms with Gasteiger partial charge in [-0.05, 0) is 19.5 Å². The summed E-state index contributed by atoms with van der Waals surface area (Å²) >= 11 is 0. The molecule has 4 rings (SSSR count). The van der Waals surface area contributed by atoms with Gasteiger partial charge in [0.05, 0.1) is 25.0 Å². The molecule has 7 heteroatoms. The van der Waals surface area contributed by atoms with Crippen LogP contribution < -0.4 is 15.4 Å². The van der Waals surface area contributed by atoms with E-state index in [-0.39, 0.29) is 6.04 Å². The van der Waals surface area contributed by atoms with Crippen LogP contribution in [0.4, 0.5) is 15.8 Å². The molecule has 0 amide bonds. The summed E-state index contributed by atoms with van der Waals surface area (Å²) in [6.07, 6.45) is 2.62. The molecule has 0 bridgehead atoms. The third-order valence-corrected chi connectivity index (χ3v) is 5.71. The second-order valence-corrected chi connectivity index (χ2v) is 7.32. The molecule has 0 radical (unpaired) electrons. The van der Waals surface area contributed by atoms with Crippen LogP contribution in [0.5, 0.6) is 5.75 Å². The summed E-state index contributed by atoms with van der Waals surface area (Å²) in [4.78, 5) is 4.27. The summed E-state index contributed by atoms with van der Waals surface area (Å²) in [5, 5.41) is 4.42. The molecule has 0 spiro atoms. The molecule has 140 valence electrons. The first-order valence-electron chi connectivity index (χ1n) is 9.07. The van der Waals surface area contributed by atoms with Crippen molar-refractivity contribution in [1.82, 2.24) is 14.7 Å². The van der Waals surface area contributed by atoms with Crippen LogP contribution in [0.15, 0.2) is 18.3 Å². The number of nitrogen functional groups attached to an aromatic ring is 1. The number of piperidine rings is 1. The van der Waals surface area contributed by atoms with Gasteiger partial charge in [-0.1, -0.05) is 0 Å². The van der Waals surface area contributed by atoms with Crippen LogP contribution in [0.1, 0.15) is 12.1 Å². The summed E-state index contributed by atoms with van der Waals surface area (Å²) in [5.74, 6) is 0.629. The van der Waals surface area contributed by atoms with Crippen molar-refractivity contribution in [2.24, 2.45) is 7.05 Å². The lowest BCUT2D eigenvalue weighted by Gasteiger charge is -2.41. The summed E-state index contributed by atoms with van der Waals surface area (Å²) in [6.45, 7) is 2.12. The zero-order valence-electron chi connectivity index (χ0n) is 15.6. The van der Waals surface area contributed by atoms with Gasteiger partial charge in [-0.25, -0.2) is 4.39 Å². The van der Waals surface area contributed by atoms with Crippen molar-refractivity contribution in [3.63, 3.8) is 0 Å². The van der Waals surface area contributed by atoms with Gasteiger partial charge in [0.2, 0.25) is 0 Å². The summed E-state index contributed by atoms with van der Waals surface area (Å²) < 4.78 is 22.3. The lowest BCUT2D eigenvalue weighted by molar-refractivity contribution is 0.136. The fourth-order valence-corrected chi connectivity index (χ4v) is 4.29. The maximum atomic E-state index is 14.9. The Hall–Kier alpha value is -2.28. The van der Waals surface area contributed by atoms with Gasteiger partial charge in [-0.2, -0.15) is 5.10 Å². The average molecular weight is 359 g/mol. The number of aromatic nitrogens is 2. The number of alkyl halides is 1. The molecule has 1 saturated heterocycles. The Morgan fingerprint density at radius 3 is 2.77 bits per heavy atom. The zero-order valence-corrected chi connectivity index (χ0v) is 15.6. The Bertz CT molecular complexity index is 821. The number of benzene rings is 1. The van der Waals surface area contributed by atoms with Gasteiger partial charge < -0.3 is 20.3 Å². The number of rotatable bonds is 2. The summed E-state index contributed by atoms with van der Waals surface area (Å²) in [7, 11) is 5.54. The van der Waals surface area contributed by atoms with Crippen molar-refractivity contribution >= 4 is 11.4 Å². The molecule has 2 unspecified atom stereocenters. The van der Waals surface area contributed by atoms with E-state index in [9.17, 15) is 4.39 Å². The molecule has 1 aromatic carbocycles. The molecule has 26 heavy (non-hydrogen) atoms. The third kappa shape index (κ3) is 2.70. The molecule has 3 heterocycles. The molecular weight excluding hydrogens is 333 g/mol. The molecule has 1 aromatic heterocycles. The van der Waals surface area contributed by atoms with Crippen molar-refractivity contribution in [2.45, 2.75) is 25.1 Å². The molecule has 6 nitrogen and oxygen atoms in total. The van der Waals surface area contributed by atoms with E-state index >= 15 is 0 Å². The number of methoxy groups -OCH3 is 1. The highest BCUT2D eigenvalue weighted by atomic mass is 19.1. The van der Waals surface area contributed by atoms with Gasteiger partial charge in [0, 0.05) is 61.7 Å². The number of ether oxygens (including phenoxy) is 1. The highest BCUT2D eigenvalue weighted by Crippen LogP contribution is 2.43. The van der Waals surface area contributed by atoms with Gasteiger partial charge >= 0.3 is 0 Å². The Morgan fingerprint density at radius 1 is 1.23 bits per heavy atom. The lowest BCUT2D eigenvalue weighted by atomic mass is 9.98. The van der Waals surface area contributed by atoms with Crippen molar-refractivity contribution in [1.29, 1.82) is 0 Å². The van der Waals surface area contributed by atoms with Crippen LogP contribution in [0.3, 0.4) is 0 Å². The Balaban J connectivity index is 1.84. The SMILES string of the molecule is COc1cc2c(cc1N)-c1cnn(C)c1CCN2C1CCN(C)CC1F. The van der Waals surface area contributed by atoms with Gasteiger partial charge in [0.15, 0.2) is 0 Å². The number of nitrogens with zero attached hydrogens (tertiary/aromatic N) is 4. The zero-order chi connectivity index (χ0) is 18.4. The van der Waals surface area contributed by atoms with E-state index < -0.39 is 6.17 Å². The molecule has 2 aliphatic rings. The Kier molecular flexibility index (Phi) is 4.26. The second kappa shape index (κ2) is 6.46. The number of hydrogen-bond donors (Lipinski definition) is 1. The largest absolute Gasteiger partial charge is 0.495 e. The molecule has 0 aliphatic carbocycles. The third-order valence-electron chi connectivity index (χ3n) is 5.71. The number of aryl methyl sites for hydroxylation is 1. The summed E-state index contributed by atoms with van der Waals surface area (Å²) in [5.41, 5.74) is 11.0. The maximum absolute atomic E-state index is 14.9. The van der Waals surface area contributed by atoms with Crippen LogP contribution in [0.2, 0.25) is 0 Å². The minimum atomic E-state index is -0.885. The number of fused-ring (bicyclic) bond motifs is 3. The lowest BCUT2D eigenvalue weighted by Crippen LogP contribution is -2.52. The van der Waals surface area contributed by atoms with E-state index in [1.807, 2.05) is 37.1 Å². The first kappa shape index (κ1) is 17.1. The Morgan fingerprint density at radius 2 is 2.04 bits per heavy atom. The van der Waals surface area contributed by atoms with Crippen LogP contribution >= 0.6 is 0 Å². The average Bonchev–Trinajstić information content (AvgIpc) is 2.89. The number of nitrogens with two attached hydrogens (primary N) is 1.